The van der Waals surface area contributed by atoms with Crippen LogP contribution in [0.25, 0.3) is 0 Å². The zero-order valence-electron chi connectivity index (χ0n) is 23.4. The minimum Gasteiger partial charge on any atom is -0.343 e. The number of hydrogen-bond acceptors (Lipinski definition) is 6. The molecule has 220 valence electrons. The summed E-state index contributed by atoms with van der Waals surface area (Å²) in [5.41, 5.74) is 3.89. The summed E-state index contributed by atoms with van der Waals surface area (Å²) in [7, 11) is 0. The maximum Gasteiger partial charge on any atom is 0.246 e. The molecule has 41 heavy (non-hydrogen) atoms. The number of nitrogens with one attached hydrogen (secondary N) is 4. The number of amides is 4. The first-order valence-electron chi connectivity index (χ1n) is 14.6. The van der Waals surface area contributed by atoms with Gasteiger partial charge in [0.25, 0.3) is 0 Å². The van der Waals surface area contributed by atoms with Crippen molar-refractivity contribution in [2.24, 2.45) is 0 Å². The lowest BCUT2D eigenvalue weighted by Gasteiger charge is -2.32. The summed E-state index contributed by atoms with van der Waals surface area (Å²) in [6.45, 7) is 0.912. The fraction of sp³-hybridized carbons (Fsp3) is 0.484. The quantitative estimate of drug-likeness (QED) is 0.209. The summed E-state index contributed by atoms with van der Waals surface area (Å²) in [6.07, 6.45) is 5.26. The first-order chi connectivity index (χ1) is 20.0. The Balaban J connectivity index is 1.59. The highest BCUT2D eigenvalue weighted by atomic mass is 16.5. The Kier molecular flexibility index (Phi) is 11.3. The third kappa shape index (κ3) is 8.61. The predicted molar refractivity (Wildman–Crippen MR) is 154 cm³/mol. The average molecular weight is 564 g/mol. The van der Waals surface area contributed by atoms with Crippen molar-refractivity contribution >= 4 is 23.6 Å². The van der Waals surface area contributed by atoms with Crippen molar-refractivity contribution in [1.29, 1.82) is 0 Å². The first-order valence-corrected chi connectivity index (χ1v) is 14.6. The summed E-state index contributed by atoms with van der Waals surface area (Å²) >= 11 is 0. The second-order valence-corrected chi connectivity index (χ2v) is 10.9. The molecule has 10 heteroatoms. The Morgan fingerprint density at radius 1 is 0.707 bits per heavy atom. The van der Waals surface area contributed by atoms with E-state index in [4.69, 9.17) is 5.21 Å². The van der Waals surface area contributed by atoms with E-state index in [1.54, 1.807) is 4.90 Å². The van der Waals surface area contributed by atoms with Crippen molar-refractivity contribution in [2.75, 3.05) is 13.1 Å². The van der Waals surface area contributed by atoms with Gasteiger partial charge in [0.15, 0.2) is 0 Å². The Bertz CT molecular complexity index is 1160. The topological polar surface area (TPSA) is 140 Å². The largest absolute Gasteiger partial charge is 0.343 e. The number of benzene rings is 2. The molecule has 2 aromatic rings. The minimum absolute atomic E-state index is 0.242. The summed E-state index contributed by atoms with van der Waals surface area (Å²) in [6, 6.07) is 15.5. The van der Waals surface area contributed by atoms with Gasteiger partial charge in [0, 0.05) is 25.9 Å². The molecule has 2 aliphatic rings. The molecule has 2 saturated heterocycles. The van der Waals surface area contributed by atoms with Crippen LogP contribution in [0, 0.1) is 0 Å². The lowest BCUT2D eigenvalue weighted by atomic mass is 10.00. The van der Waals surface area contributed by atoms with Crippen LogP contribution in [0.5, 0.6) is 0 Å². The molecule has 4 amide bonds. The average Bonchev–Trinajstić information content (AvgIpc) is 3.48. The number of hydrogen-bond donors (Lipinski definition) is 5. The molecule has 0 saturated carbocycles. The van der Waals surface area contributed by atoms with Crippen LogP contribution in [0.15, 0.2) is 60.7 Å². The van der Waals surface area contributed by atoms with Crippen LogP contribution >= 0.6 is 0 Å². The molecule has 1 unspecified atom stereocenters. The molecule has 10 nitrogen and oxygen atoms in total. The highest BCUT2D eigenvalue weighted by Crippen LogP contribution is 2.21. The molecule has 0 aromatic heterocycles. The molecule has 4 atom stereocenters. The van der Waals surface area contributed by atoms with Crippen molar-refractivity contribution in [2.45, 2.75) is 82.0 Å². The SMILES string of the molecule is O=C1N[C@@H](CCCCCCNO)C(=O)N[C@@H](Cc2ccccc2)C(=O)N[C@@H](Cc2ccccc2)C(=O)N2CCCC12. The highest BCUT2D eigenvalue weighted by Gasteiger charge is 2.40. The maximum absolute atomic E-state index is 13.9. The van der Waals surface area contributed by atoms with E-state index in [0.717, 1.165) is 30.4 Å². The fourth-order valence-electron chi connectivity index (χ4n) is 5.60. The van der Waals surface area contributed by atoms with E-state index in [2.05, 4.69) is 21.4 Å². The number of carbonyl (C=O) groups excluding carboxylic acids is 4. The van der Waals surface area contributed by atoms with Gasteiger partial charge in [-0.2, -0.15) is 0 Å². The normalized spacial score (nSPS) is 23.6. The molecule has 2 heterocycles. The number of hydroxylamine groups is 1. The molecular weight excluding hydrogens is 522 g/mol. The second-order valence-electron chi connectivity index (χ2n) is 10.9. The molecule has 4 rings (SSSR count). The van der Waals surface area contributed by atoms with Crippen molar-refractivity contribution in [3.05, 3.63) is 71.8 Å². The van der Waals surface area contributed by atoms with Crippen LogP contribution < -0.4 is 21.4 Å². The van der Waals surface area contributed by atoms with Gasteiger partial charge in [0.2, 0.25) is 23.6 Å². The number of carbonyl (C=O) groups is 4. The Morgan fingerprint density at radius 2 is 1.27 bits per heavy atom. The van der Waals surface area contributed by atoms with Crippen molar-refractivity contribution < 1.29 is 24.4 Å². The first kappa shape index (κ1) is 30.2. The molecule has 0 aliphatic carbocycles. The highest BCUT2D eigenvalue weighted by molar-refractivity contribution is 5.98. The fourth-order valence-corrected chi connectivity index (χ4v) is 5.60. The number of fused-ring (bicyclic) bond motifs is 1. The van der Waals surface area contributed by atoms with Crippen LogP contribution in [0.4, 0.5) is 0 Å². The van der Waals surface area contributed by atoms with E-state index in [9.17, 15) is 19.2 Å². The van der Waals surface area contributed by atoms with E-state index in [1.807, 2.05) is 60.7 Å². The summed E-state index contributed by atoms with van der Waals surface area (Å²) in [5.74, 6) is -1.48. The van der Waals surface area contributed by atoms with E-state index in [0.29, 0.717) is 38.8 Å². The van der Waals surface area contributed by atoms with Gasteiger partial charge < -0.3 is 26.1 Å². The van der Waals surface area contributed by atoms with Gasteiger partial charge in [-0.25, -0.2) is 5.48 Å². The monoisotopic (exact) mass is 563 g/mol. The molecular formula is C31H41N5O5. The van der Waals surface area contributed by atoms with Crippen molar-refractivity contribution in [1.82, 2.24) is 26.3 Å². The van der Waals surface area contributed by atoms with E-state index in [-0.39, 0.29) is 24.7 Å². The number of unbranched alkanes of at least 4 members (excludes halogenated alkanes) is 3. The van der Waals surface area contributed by atoms with Crippen LogP contribution in [0.2, 0.25) is 0 Å². The molecule has 2 aromatic carbocycles. The Morgan fingerprint density at radius 3 is 1.93 bits per heavy atom. The third-order valence-corrected chi connectivity index (χ3v) is 7.82. The van der Waals surface area contributed by atoms with Crippen LogP contribution in [0.1, 0.15) is 56.1 Å². The van der Waals surface area contributed by atoms with E-state index >= 15 is 0 Å². The molecule has 0 bridgehead atoms. The number of nitrogens with zero attached hydrogens (tertiary/aromatic N) is 1. The predicted octanol–water partition coefficient (Wildman–Crippen LogP) is 1.86. The van der Waals surface area contributed by atoms with Crippen molar-refractivity contribution in [3.63, 3.8) is 0 Å². The Hall–Kier alpha value is -3.76. The minimum atomic E-state index is -0.931. The van der Waals surface area contributed by atoms with Crippen molar-refractivity contribution in [3.8, 4) is 0 Å². The van der Waals surface area contributed by atoms with Gasteiger partial charge in [0.05, 0.1) is 0 Å². The summed E-state index contributed by atoms with van der Waals surface area (Å²) < 4.78 is 0. The molecule has 2 aliphatic heterocycles. The van der Waals surface area contributed by atoms with Gasteiger partial charge in [-0.3, -0.25) is 19.2 Å². The van der Waals surface area contributed by atoms with Gasteiger partial charge in [0.1, 0.15) is 24.2 Å². The maximum atomic E-state index is 13.9. The Labute approximate surface area is 241 Å². The summed E-state index contributed by atoms with van der Waals surface area (Å²) in [4.78, 5) is 56.2. The van der Waals surface area contributed by atoms with Gasteiger partial charge in [-0.15, -0.1) is 0 Å². The standard InChI is InChI=1S/C31H41N5O5/c37-28-24(16-9-1-2-10-18-32-41)33-30(39)27-17-11-19-36(27)31(40)26(21-23-14-7-4-8-15-23)35-29(38)25(34-28)20-22-12-5-3-6-13-22/h3-8,12-15,24-27,32,41H,1-2,9-11,16-21H2,(H,33,39)(H,34,37)(H,35,38)/t24-,25-,26-,27?/m0/s1. The van der Waals surface area contributed by atoms with Crippen LogP contribution in [0.3, 0.4) is 0 Å². The zero-order chi connectivity index (χ0) is 29.0. The van der Waals surface area contributed by atoms with Gasteiger partial charge >= 0.3 is 0 Å². The van der Waals surface area contributed by atoms with Gasteiger partial charge in [-0.05, 0) is 36.8 Å². The summed E-state index contributed by atoms with van der Waals surface area (Å²) in [5, 5.41) is 17.5. The van der Waals surface area contributed by atoms with Gasteiger partial charge in [-0.1, -0.05) is 79.9 Å². The molecule has 5 N–H and O–H groups in total. The van der Waals surface area contributed by atoms with Crippen LogP contribution in [-0.2, 0) is 32.0 Å². The molecule has 2 fully saturated rings. The lowest BCUT2D eigenvalue weighted by molar-refractivity contribution is -0.143. The third-order valence-electron chi connectivity index (χ3n) is 7.82. The van der Waals surface area contributed by atoms with E-state index < -0.39 is 36.0 Å². The molecule has 0 radical (unpaired) electrons. The smallest absolute Gasteiger partial charge is 0.246 e. The molecule has 0 spiro atoms. The van der Waals surface area contributed by atoms with E-state index in [1.165, 1.54) is 0 Å². The second kappa shape index (κ2) is 15.3. The number of rotatable bonds is 11. The zero-order valence-corrected chi connectivity index (χ0v) is 23.4. The van der Waals surface area contributed by atoms with Crippen LogP contribution in [-0.4, -0.2) is 71.0 Å². The lowest BCUT2D eigenvalue weighted by Crippen LogP contribution is -2.61.